The van der Waals surface area contributed by atoms with Crippen molar-refractivity contribution in [3.63, 3.8) is 0 Å². The number of para-hydroxylation sites is 1. The van der Waals surface area contributed by atoms with Crippen molar-refractivity contribution in [2.75, 3.05) is 12.4 Å². The van der Waals surface area contributed by atoms with E-state index in [9.17, 15) is 0 Å². The summed E-state index contributed by atoms with van der Waals surface area (Å²) in [5.74, 6) is 1.32. The number of methoxy groups -OCH3 is 1. The molecule has 3 rings (SSSR count). The molecule has 0 aliphatic carbocycles. The van der Waals surface area contributed by atoms with Crippen molar-refractivity contribution in [3.05, 3.63) is 88.4 Å². The molecule has 4 heteroatoms. The number of benzene rings is 3. The van der Waals surface area contributed by atoms with Crippen LogP contribution in [-0.2, 0) is 13.2 Å². The second-order valence-electron chi connectivity index (χ2n) is 6.03. The van der Waals surface area contributed by atoms with E-state index in [4.69, 9.17) is 21.1 Å². The van der Waals surface area contributed by atoms with Crippen molar-refractivity contribution in [1.82, 2.24) is 0 Å². The summed E-state index contributed by atoms with van der Waals surface area (Å²) in [6, 6.07) is 21.9. The van der Waals surface area contributed by atoms with Gasteiger partial charge in [0.2, 0.25) is 0 Å². The Hall–Kier alpha value is -2.65. The lowest BCUT2D eigenvalue weighted by molar-refractivity contribution is 0.284. The number of anilines is 1. The molecular formula is C22H22ClNO2. The summed E-state index contributed by atoms with van der Waals surface area (Å²) in [5, 5.41) is 4.00. The molecule has 3 nitrogen and oxygen atoms in total. The largest absolute Gasteiger partial charge is 0.493 e. The molecule has 0 spiro atoms. The first-order valence-corrected chi connectivity index (χ1v) is 8.88. The minimum atomic E-state index is 0.473. The smallest absolute Gasteiger partial charge is 0.163 e. The Balaban J connectivity index is 1.73. The number of nitrogens with one attached hydrogen (secondary N) is 1. The number of hydrogen-bond donors (Lipinski definition) is 1. The second kappa shape index (κ2) is 8.63. The van der Waals surface area contributed by atoms with Crippen LogP contribution in [0.5, 0.6) is 11.5 Å². The standard InChI is InChI=1S/C22H22ClNO2/c1-16-8-6-7-9-17(16)15-26-22-13-20(23)18(12-21(22)25-2)14-24-19-10-4-3-5-11-19/h3-13,24H,14-15H2,1-2H3. The van der Waals surface area contributed by atoms with Crippen LogP contribution >= 0.6 is 11.6 Å². The maximum atomic E-state index is 6.46. The van der Waals surface area contributed by atoms with Crippen LogP contribution in [0, 0.1) is 6.92 Å². The van der Waals surface area contributed by atoms with E-state index in [-0.39, 0.29) is 0 Å². The van der Waals surface area contributed by atoms with Gasteiger partial charge in [-0.15, -0.1) is 0 Å². The zero-order valence-electron chi connectivity index (χ0n) is 15.0. The van der Waals surface area contributed by atoms with Gasteiger partial charge in [-0.25, -0.2) is 0 Å². The van der Waals surface area contributed by atoms with Gasteiger partial charge in [-0.3, -0.25) is 0 Å². The SMILES string of the molecule is COc1cc(CNc2ccccc2)c(Cl)cc1OCc1ccccc1C. The quantitative estimate of drug-likeness (QED) is 0.568. The molecular weight excluding hydrogens is 346 g/mol. The van der Waals surface area contributed by atoms with E-state index < -0.39 is 0 Å². The fourth-order valence-corrected chi connectivity index (χ4v) is 2.89. The number of halogens is 1. The fourth-order valence-electron chi connectivity index (χ4n) is 2.67. The zero-order valence-corrected chi connectivity index (χ0v) is 15.7. The first-order valence-electron chi connectivity index (χ1n) is 8.50. The Kier molecular flexibility index (Phi) is 6.03. The molecule has 0 aromatic heterocycles. The fraction of sp³-hybridized carbons (Fsp3) is 0.182. The summed E-state index contributed by atoms with van der Waals surface area (Å²) < 4.78 is 11.5. The lowest BCUT2D eigenvalue weighted by atomic mass is 10.1. The van der Waals surface area contributed by atoms with Crippen LogP contribution in [0.3, 0.4) is 0 Å². The monoisotopic (exact) mass is 367 g/mol. The first-order chi connectivity index (χ1) is 12.7. The number of aryl methyl sites for hydroxylation is 1. The first kappa shape index (κ1) is 18.2. The molecule has 3 aromatic carbocycles. The van der Waals surface area contributed by atoms with Crippen LogP contribution in [0.1, 0.15) is 16.7 Å². The Morgan fingerprint density at radius 3 is 2.35 bits per heavy atom. The van der Waals surface area contributed by atoms with Gasteiger partial charge >= 0.3 is 0 Å². The number of hydrogen-bond acceptors (Lipinski definition) is 3. The average Bonchev–Trinajstić information content (AvgIpc) is 2.67. The topological polar surface area (TPSA) is 30.5 Å². The van der Waals surface area contributed by atoms with E-state index in [0.29, 0.717) is 29.7 Å². The van der Waals surface area contributed by atoms with Gasteiger partial charge in [-0.05, 0) is 41.8 Å². The van der Waals surface area contributed by atoms with Crippen molar-refractivity contribution < 1.29 is 9.47 Å². The maximum absolute atomic E-state index is 6.46. The van der Waals surface area contributed by atoms with Gasteiger partial charge < -0.3 is 14.8 Å². The van der Waals surface area contributed by atoms with Crippen LogP contribution in [0.2, 0.25) is 5.02 Å². The number of rotatable bonds is 7. The molecule has 0 amide bonds. The molecule has 26 heavy (non-hydrogen) atoms. The third-order valence-electron chi connectivity index (χ3n) is 4.23. The van der Waals surface area contributed by atoms with E-state index in [1.54, 1.807) is 7.11 Å². The van der Waals surface area contributed by atoms with E-state index in [1.807, 2.05) is 54.6 Å². The van der Waals surface area contributed by atoms with Crippen molar-refractivity contribution in [3.8, 4) is 11.5 Å². The molecule has 0 aliphatic heterocycles. The Labute approximate surface area is 159 Å². The average molecular weight is 368 g/mol. The van der Waals surface area contributed by atoms with Crippen molar-refractivity contribution >= 4 is 17.3 Å². The molecule has 0 fully saturated rings. The van der Waals surface area contributed by atoms with Gasteiger partial charge in [0.25, 0.3) is 0 Å². The van der Waals surface area contributed by atoms with Gasteiger partial charge in [-0.1, -0.05) is 54.1 Å². The second-order valence-corrected chi connectivity index (χ2v) is 6.44. The Bertz CT molecular complexity index is 865. The molecule has 3 aromatic rings. The minimum absolute atomic E-state index is 0.473. The summed E-state index contributed by atoms with van der Waals surface area (Å²) in [6.07, 6.45) is 0. The van der Waals surface area contributed by atoms with Crippen LogP contribution in [-0.4, -0.2) is 7.11 Å². The van der Waals surface area contributed by atoms with Gasteiger partial charge in [0, 0.05) is 23.3 Å². The van der Waals surface area contributed by atoms with E-state index in [2.05, 4.69) is 24.4 Å². The molecule has 0 heterocycles. The van der Waals surface area contributed by atoms with E-state index in [0.717, 1.165) is 16.8 Å². The lowest BCUT2D eigenvalue weighted by Crippen LogP contribution is -2.03. The summed E-state index contributed by atoms with van der Waals surface area (Å²) >= 11 is 6.46. The highest BCUT2D eigenvalue weighted by atomic mass is 35.5. The van der Waals surface area contributed by atoms with Crippen LogP contribution in [0.15, 0.2) is 66.7 Å². The Morgan fingerprint density at radius 1 is 0.885 bits per heavy atom. The highest BCUT2D eigenvalue weighted by Crippen LogP contribution is 2.34. The molecule has 0 unspecified atom stereocenters. The van der Waals surface area contributed by atoms with Crippen molar-refractivity contribution in [2.45, 2.75) is 20.1 Å². The van der Waals surface area contributed by atoms with Crippen LogP contribution < -0.4 is 14.8 Å². The molecule has 0 saturated heterocycles. The van der Waals surface area contributed by atoms with Crippen LogP contribution in [0.4, 0.5) is 5.69 Å². The van der Waals surface area contributed by atoms with Crippen molar-refractivity contribution in [1.29, 1.82) is 0 Å². The predicted molar refractivity (Wildman–Crippen MR) is 107 cm³/mol. The highest BCUT2D eigenvalue weighted by Gasteiger charge is 2.11. The highest BCUT2D eigenvalue weighted by molar-refractivity contribution is 6.31. The molecule has 0 radical (unpaired) electrons. The van der Waals surface area contributed by atoms with Gasteiger partial charge in [-0.2, -0.15) is 0 Å². The van der Waals surface area contributed by atoms with Crippen molar-refractivity contribution in [2.24, 2.45) is 0 Å². The third-order valence-corrected chi connectivity index (χ3v) is 4.59. The third kappa shape index (κ3) is 4.50. The minimum Gasteiger partial charge on any atom is -0.493 e. The molecule has 134 valence electrons. The Morgan fingerprint density at radius 2 is 1.62 bits per heavy atom. The maximum Gasteiger partial charge on any atom is 0.163 e. The predicted octanol–water partition coefficient (Wildman–Crippen LogP) is 5.85. The normalized spacial score (nSPS) is 10.4. The number of ether oxygens (including phenoxy) is 2. The molecule has 0 aliphatic rings. The van der Waals surface area contributed by atoms with Crippen LogP contribution in [0.25, 0.3) is 0 Å². The molecule has 0 atom stereocenters. The van der Waals surface area contributed by atoms with E-state index >= 15 is 0 Å². The van der Waals surface area contributed by atoms with Gasteiger partial charge in [0.1, 0.15) is 6.61 Å². The van der Waals surface area contributed by atoms with E-state index in [1.165, 1.54) is 5.56 Å². The molecule has 1 N–H and O–H groups in total. The van der Waals surface area contributed by atoms with Gasteiger partial charge in [0.15, 0.2) is 11.5 Å². The summed E-state index contributed by atoms with van der Waals surface area (Å²) in [4.78, 5) is 0. The summed E-state index contributed by atoms with van der Waals surface area (Å²) in [5.41, 5.74) is 4.33. The molecule has 0 saturated carbocycles. The summed E-state index contributed by atoms with van der Waals surface area (Å²) in [6.45, 7) is 3.15. The summed E-state index contributed by atoms with van der Waals surface area (Å²) in [7, 11) is 1.64. The molecule has 0 bridgehead atoms. The van der Waals surface area contributed by atoms with Gasteiger partial charge in [0.05, 0.1) is 7.11 Å². The lowest BCUT2D eigenvalue weighted by Gasteiger charge is -2.15. The zero-order chi connectivity index (χ0) is 18.4.